The minimum atomic E-state index is -0.920. The van der Waals surface area contributed by atoms with Crippen LogP contribution in [0.15, 0.2) is 0 Å². The zero-order valence-corrected chi connectivity index (χ0v) is 21.3. The molecule has 0 rings (SSSR count). The van der Waals surface area contributed by atoms with Crippen molar-refractivity contribution >= 4 is 26.1 Å². The van der Waals surface area contributed by atoms with E-state index < -0.39 is 11.9 Å². The minimum absolute atomic E-state index is 0. The molecule has 0 aromatic carbocycles. The van der Waals surface area contributed by atoms with Crippen LogP contribution in [-0.2, 0) is 26.1 Å². The van der Waals surface area contributed by atoms with E-state index in [-0.39, 0.29) is 43.5 Å². The van der Waals surface area contributed by atoms with Crippen molar-refractivity contribution in [1.82, 2.24) is 0 Å². The zero-order valence-electron chi connectivity index (χ0n) is 19.1. The first kappa shape index (κ1) is 35.4. The summed E-state index contributed by atoms with van der Waals surface area (Å²) in [6.07, 6.45) is 11.2. The number of hydrogen-bond acceptors (Lipinski definition) is 4. The third kappa shape index (κ3) is 40.6. The number of hydrogen-bond donors (Lipinski definition) is 0. The van der Waals surface area contributed by atoms with Crippen LogP contribution < -0.4 is 10.2 Å². The maximum Gasteiger partial charge on any atom is 2.00 e. The van der Waals surface area contributed by atoms with Gasteiger partial charge < -0.3 is 19.8 Å². The number of carboxylic acids is 2. The number of carbonyl (C=O) groups is 2. The molecule has 4 nitrogen and oxygen atoms in total. The van der Waals surface area contributed by atoms with Crippen molar-refractivity contribution in [3.8, 4) is 0 Å². The van der Waals surface area contributed by atoms with Gasteiger partial charge in [-0.2, -0.15) is 0 Å². The minimum Gasteiger partial charge on any atom is -0.550 e. The summed E-state index contributed by atoms with van der Waals surface area (Å²) in [4.78, 5) is 19.8. The summed E-state index contributed by atoms with van der Waals surface area (Å²) in [6.45, 7) is 11.2. The van der Waals surface area contributed by atoms with Crippen molar-refractivity contribution in [3.63, 3.8) is 0 Å². The summed E-state index contributed by atoms with van der Waals surface area (Å²) in [5, 5.41) is 24.3. The Labute approximate surface area is 189 Å². The number of aliphatic carboxylic acids is 2. The van der Waals surface area contributed by atoms with E-state index in [1.165, 1.54) is 41.5 Å². The third-order valence-electron chi connectivity index (χ3n) is 4.70. The summed E-state index contributed by atoms with van der Waals surface area (Å²) in [7, 11) is 0. The van der Waals surface area contributed by atoms with Crippen LogP contribution in [0.4, 0.5) is 0 Å². The average Bonchev–Trinajstić information content (AvgIpc) is 2.63. The van der Waals surface area contributed by atoms with Crippen molar-refractivity contribution in [2.75, 3.05) is 0 Å². The Balaban J connectivity index is -0.000000154. The SMILES string of the molecule is CCCCCCCC(=O)[O-].CCCCCCCC(=O)[O-].C[CH2][Al]([CH2]C)[CH2]C.[Ni+2]. The Morgan fingerprint density at radius 2 is 0.857 bits per heavy atom. The van der Waals surface area contributed by atoms with E-state index >= 15 is 0 Å². The molecule has 0 atom stereocenters. The standard InChI is InChI=1S/2C8H16O2.3C2H5.Al.Ni/c2*1-2-3-4-5-6-7-8(9)10;3*1-2;;/h2*2-7H2,1H3,(H,9,10);3*1H2,2H3;;/q;;;;;;+2/p-2. The van der Waals surface area contributed by atoms with Gasteiger partial charge in [0.2, 0.25) is 0 Å². The predicted molar refractivity (Wildman–Crippen MR) is 114 cm³/mol. The fraction of sp³-hybridized carbons (Fsp3) is 0.909. The van der Waals surface area contributed by atoms with Crippen LogP contribution in [0.2, 0.25) is 15.8 Å². The molecule has 0 N–H and O–H groups in total. The molecule has 0 fully saturated rings. The Morgan fingerprint density at radius 1 is 0.571 bits per heavy atom. The van der Waals surface area contributed by atoms with E-state index in [0.717, 1.165) is 38.5 Å². The van der Waals surface area contributed by atoms with Crippen molar-refractivity contribution in [2.24, 2.45) is 0 Å². The summed E-state index contributed by atoms with van der Waals surface area (Å²) in [6, 6.07) is 0. The van der Waals surface area contributed by atoms with Crippen LogP contribution in [0.5, 0.6) is 0 Å². The maximum absolute atomic E-state index is 9.92. The maximum atomic E-state index is 9.92. The van der Waals surface area contributed by atoms with Gasteiger partial charge in [-0.25, -0.2) is 0 Å². The van der Waals surface area contributed by atoms with Crippen LogP contribution >= 0.6 is 0 Å². The summed E-state index contributed by atoms with van der Waals surface area (Å²) >= 11 is -0.171. The van der Waals surface area contributed by atoms with E-state index in [1.54, 1.807) is 0 Å². The van der Waals surface area contributed by atoms with Gasteiger partial charge in [-0.05, 0) is 25.7 Å². The second-order valence-electron chi connectivity index (χ2n) is 7.16. The van der Waals surface area contributed by atoms with E-state index in [2.05, 4.69) is 34.6 Å². The number of carbonyl (C=O) groups excluding carboxylic acids is 2. The Morgan fingerprint density at radius 3 is 1.04 bits per heavy atom. The zero-order chi connectivity index (χ0) is 21.3. The Kier molecular flexibility index (Phi) is 40.0. The van der Waals surface area contributed by atoms with Crippen LogP contribution in [-0.4, -0.2) is 26.1 Å². The Hall–Kier alpha value is -0.0340. The first-order chi connectivity index (χ1) is 12.9. The fourth-order valence-corrected chi connectivity index (χ4v) is 4.34. The molecule has 0 aliphatic heterocycles. The molecule has 0 radical (unpaired) electrons. The summed E-state index contributed by atoms with van der Waals surface area (Å²) in [5.74, 6) is -1.84. The molecule has 6 heteroatoms. The van der Waals surface area contributed by atoms with E-state index in [0.29, 0.717) is 0 Å². The fourth-order valence-electron chi connectivity index (χ4n) is 2.61. The molecule has 0 aliphatic rings. The molecule has 28 heavy (non-hydrogen) atoms. The van der Waals surface area contributed by atoms with Crippen molar-refractivity contribution in [3.05, 3.63) is 0 Å². The molecule has 0 heterocycles. The van der Waals surface area contributed by atoms with Gasteiger partial charge in [0.1, 0.15) is 0 Å². The quantitative estimate of drug-likeness (QED) is 0.262. The average molecular weight is 459 g/mol. The van der Waals surface area contributed by atoms with Gasteiger partial charge in [0.15, 0.2) is 0 Å². The van der Waals surface area contributed by atoms with E-state index in [4.69, 9.17) is 0 Å². The first-order valence-electron chi connectivity index (χ1n) is 11.3. The van der Waals surface area contributed by atoms with Crippen LogP contribution in [0.1, 0.15) is 112 Å². The molecule has 0 amide bonds. The van der Waals surface area contributed by atoms with Crippen LogP contribution in [0, 0.1) is 0 Å². The molecule has 0 bridgehead atoms. The molecule has 0 spiro atoms. The third-order valence-corrected chi connectivity index (χ3v) is 8.17. The largest absolute Gasteiger partial charge is 2.00 e. The molecule has 0 aliphatic carbocycles. The molecule has 170 valence electrons. The van der Waals surface area contributed by atoms with E-state index in [1.807, 2.05) is 0 Å². The van der Waals surface area contributed by atoms with Gasteiger partial charge in [0.25, 0.3) is 14.1 Å². The van der Waals surface area contributed by atoms with Gasteiger partial charge in [-0.1, -0.05) is 102 Å². The van der Waals surface area contributed by atoms with Crippen molar-refractivity contribution < 1.29 is 36.3 Å². The van der Waals surface area contributed by atoms with Crippen LogP contribution in [0.3, 0.4) is 0 Å². The normalized spacial score (nSPS) is 9.18. The van der Waals surface area contributed by atoms with Gasteiger partial charge in [-0.3, -0.25) is 0 Å². The molecule has 0 saturated carbocycles. The molecule has 0 aromatic rings. The molecule has 0 saturated heterocycles. The van der Waals surface area contributed by atoms with Crippen molar-refractivity contribution in [2.45, 2.75) is 128 Å². The van der Waals surface area contributed by atoms with E-state index in [9.17, 15) is 19.8 Å². The smallest absolute Gasteiger partial charge is 0.550 e. The molecular formula is C22H45AlNiO4. The Bertz CT molecular complexity index is 281. The predicted octanol–water partition coefficient (Wildman–Crippen LogP) is 4.73. The number of rotatable bonds is 15. The van der Waals surface area contributed by atoms with Crippen LogP contribution in [0.25, 0.3) is 0 Å². The molecule has 0 aromatic heterocycles. The van der Waals surface area contributed by atoms with Crippen molar-refractivity contribution in [1.29, 1.82) is 0 Å². The molecular weight excluding hydrogens is 414 g/mol. The first-order valence-corrected chi connectivity index (χ1v) is 13.7. The second-order valence-corrected chi connectivity index (χ2v) is 11.3. The summed E-state index contributed by atoms with van der Waals surface area (Å²) < 4.78 is 0. The topological polar surface area (TPSA) is 80.3 Å². The molecule has 0 unspecified atom stereocenters. The number of carboxylic acid groups (broad SMARTS) is 2. The van der Waals surface area contributed by atoms with Gasteiger partial charge in [0, 0.05) is 11.9 Å². The van der Waals surface area contributed by atoms with Gasteiger partial charge in [-0.15, -0.1) is 0 Å². The second kappa shape index (κ2) is 31.7. The van der Waals surface area contributed by atoms with Gasteiger partial charge in [0.05, 0.1) is 0 Å². The monoisotopic (exact) mass is 458 g/mol. The van der Waals surface area contributed by atoms with Gasteiger partial charge >= 0.3 is 16.5 Å². The summed E-state index contributed by atoms with van der Waals surface area (Å²) in [5.41, 5.74) is 0. The number of unbranched alkanes of at least 4 members (excludes halogenated alkanes) is 8.